The molecule has 0 saturated heterocycles. The minimum atomic E-state index is -1.09. The lowest BCUT2D eigenvalue weighted by Gasteiger charge is -2.04. The number of ketones is 1. The fourth-order valence-corrected chi connectivity index (χ4v) is 4.83. The normalized spacial score (nSPS) is 12.5. The zero-order valence-electron chi connectivity index (χ0n) is 13.2. The topological polar surface area (TPSA) is 48.3 Å². The summed E-state index contributed by atoms with van der Waals surface area (Å²) >= 11 is 1.39. The van der Waals surface area contributed by atoms with Crippen LogP contribution in [0.2, 0.25) is 0 Å². The summed E-state index contributed by atoms with van der Waals surface area (Å²) in [6.07, 6.45) is 0. The Kier molecular flexibility index (Phi) is 4.37. The van der Waals surface area contributed by atoms with Gasteiger partial charge in [0.15, 0.2) is 0 Å². The minimum absolute atomic E-state index is 0.0275. The molecular weight excluding hydrogens is 330 g/mol. The quantitative estimate of drug-likeness (QED) is 0.660. The molecule has 0 radical (unpaired) electrons. The maximum atomic E-state index is 12.6. The lowest BCUT2D eigenvalue weighted by atomic mass is 10.1. The van der Waals surface area contributed by atoms with E-state index >= 15 is 0 Å². The molecule has 0 bridgehead atoms. The van der Waals surface area contributed by atoms with E-state index in [0.29, 0.717) is 16.2 Å². The molecule has 0 aliphatic heterocycles. The number of benzene rings is 1. The van der Waals surface area contributed by atoms with Crippen molar-refractivity contribution in [1.29, 1.82) is 0 Å². The first-order chi connectivity index (χ1) is 11.0. The van der Waals surface area contributed by atoms with E-state index in [0.717, 1.165) is 21.7 Å². The molecule has 0 aliphatic rings. The van der Waals surface area contributed by atoms with Crippen LogP contribution in [-0.4, -0.2) is 26.8 Å². The van der Waals surface area contributed by atoms with Crippen molar-refractivity contribution >= 4 is 38.3 Å². The summed E-state index contributed by atoms with van der Waals surface area (Å²) < 4.78 is 19.1. The van der Waals surface area contributed by atoms with Gasteiger partial charge in [-0.15, -0.1) is 11.3 Å². The van der Waals surface area contributed by atoms with Crippen LogP contribution in [0, 0.1) is 6.92 Å². The molecule has 2 heterocycles. The minimum Gasteiger partial charge on any atom is -0.497 e. The highest BCUT2D eigenvalue weighted by atomic mass is 32.2. The molecule has 4 nitrogen and oxygen atoms in total. The van der Waals surface area contributed by atoms with Gasteiger partial charge in [0.25, 0.3) is 0 Å². The Morgan fingerprint density at radius 2 is 1.96 bits per heavy atom. The predicted molar refractivity (Wildman–Crippen MR) is 95.1 cm³/mol. The van der Waals surface area contributed by atoms with Crippen LogP contribution in [0.3, 0.4) is 0 Å². The zero-order chi connectivity index (χ0) is 16.6. The van der Waals surface area contributed by atoms with Crippen LogP contribution in [-0.2, 0) is 11.0 Å². The standard InChI is InChI=1S/C17H17NO3S2/c1-4-23(20)18-11(2)9-13-10-15(22-17(13)18)16(19)12-5-7-14(21-3)8-6-12/h5-10H,4H2,1-3H3. The first-order valence-corrected chi connectivity index (χ1v) is 9.34. The van der Waals surface area contributed by atoms with Gasteiger partial charge in [0, 0.05) is 22.4 Å². The van der Waals surface area contributed by atoms with Gasteiger partial charge in [0.2, 0.25) is 5.78 Å². The number of rotatable bonds is 5. The molecule has 0 amide bonds. The molecule has 120 valence electrons. The van der Waals surface area contributed by atoms with E-state index in [1.807, 2.05) is 30.0 Å². The van der Waals surface area contributed by atoms with Crippen molar-refractivity contribution in [2.45, 2.75) is 13.8 Å². The Bertz CT molecular complexity index is 891. The molecule has 3 aromatic rings. The summed E-state index contributed by atoms with van der Waals surface area (Å²) in [5.41, 5.74) is 1.57. The summed E-state index contributed by atoms with van der Waals surface area (Å²) in [5, 5.41) is 0.964. The number of fused-ring (bicyclic) bond motifs is 1. The second-order valence-electron chi connectivity index (χ2n) is 5.12. The number of ether oxygens (including phenoxy) is 1. The average molecular weight is 347 g/mol. The molecule has 1 aromatic carbocycles. The molecule has 6 heteroatoms. The summed E-state index contributed by atoms with van der Waals surface area (Å²) in [7, 11) is 0.500. The Balaban J connectivity index is 2.01. The Labute approximate surface area is 141 Å². The number of methoxy groups -OCH3 is 1. The van der Waals surface area contributed by atoms with Gasteiger partial charge in [-0.3, -0.25) is 8.77 Å². The van der Waals surface area contributed by atoms with Crippen LogP contribution >= 0.6 is 11.3 Å². The van der Waals surface area contributed by atoms with E-state index < -0.39 is 11.0 Å². The van der Waals surface area contributed by atoms with Crippen LogP contribution in [0.4, 0.5) is 0 Å². The maximum Gasteiger partial charge on any atom is 0.203 e. The van der Waals surface area contributed by atoms with Crippen molar-refractivity contribution in [2.75, 3.05) is 12.9 Å². The van der Waals surface area contributed by atoms with Crippen molar-refractivity contribution in [1.82, 2.24) is 3.97 Å². The second-order valence-corrected chi connectivity index (χ2v) is 7.74. The van der Waals surface area contributed by atoms with Gasteiger partial charge < -0.3 is 4.74 Å². The molecule has 0 spiro atoms. The molecular formula is C17H17NO3S2. The first kappa shape index (κ1) is 16.0. The van der Waals surface area contributed by atoms with Crippen LogP contribution in [0.5, 0.6) is 5.75 Å². The lowest BCUT2D eigenvalue weighted by molar-refractivity contribution is 0.104. The van der Waals surface area contributed by atoms with Crippen LogP contribution < -0.4 is 4.74 Å². The Morgan fingerprint density at radius 1 is 1.26 bits per heavy atom. The number of aromatic nitrogens is 1. The number of thiophene rings is 1. The third-order valence-corrected chi connectivity index (χ3v) is 6.26. The number of nitrogens with zero attached hydrogens (tertiary/aromatic N) is 1. The van der Waals surface area contributed by atoms with Gasteiger partial charge >= 0.3 is 0 Å². The van der Waals surface area contributed by atoms with Gasteiger partial charge in [0.05, 0.1) is 12.0 Å². The molecule has 0 aliphatic carbocycles. The molecule has 0 fully saturated rings. The fraction of sp³-hybridized carbons (Fsp3) is 0.235. The highest BCUT2D eigenvalue weighted by molar-refractivity contribution is 7.83. The highest BCUT2D eigenvalue weighted by Crippen LogP contribution is 2.31. The molecule has 0 saturated carbocycles. The summed E-state index contributed by atoms with van der Waals surface area (Å²) in [6, 6.07) is 10.9. The van der Waals surface area contributed by atoms with Gasteiger partial charge in [-0.2, -0.15) is 0 Å². The molecule has 1 unspecified atom stereocenters. The third-order valence-electron chi connectivity index (χ3n) is 3.64. The van der Waals surface area contributed by atoms with Crippen molar-refractivity contribution in [3.05, 3.63) is 52.5 Å². The monoisotopic (exact) mass is 347 g/mol. The van der Waals surface area contributed by atoms with E-state index in [9.17, 15) is 9.00 Å². The number of carbonyl (C=O) groups is 1. The maximum absolute atomic E-state index is 12.6. The number of hydrogen-bond donors (Lipinski definition) is 0. The number of hydrogen-bond acceptors (Lipinski definition) is 4. The predicted octanol–water partition coefficient (Wildman–Crippen LogP) is 3.78. The van der Waals surface area contributed by atoms with Crippen molar-refractivity contribution in [3.63, 3.8) is 0 Å². The van der Waals surface area contributed by atoms with E-state index in [-0.39, 0.29) is 5.78 Å². The average Bonchev–Trinajstić information content (AvgIpc) is 3.10. The van der Waals surface area contributed by atoms with E-state index in [1.54, 1.807) is 31.4 Å². The van der Waals surface area contributed by atoms with Crippen LogP contribution in [0.1, 0.15) is 27.9 Å². The van der Waals surface area contributed by atoms with E-state index in [4.69, 9.17) is 4.74 Å². The second kappa shape index (κ2) is 6.29. The van der Waals surface area contributed by atoms with Gasteiger partial charge in [-0.05, 0) is 43.3 Å². The van der Waals surface area contributed by atoms with E-state index in [2.05, 4.69) is 0 Å². The first-order valence-electron chi connectivity index (χ1n) is 7.24. The molecule has 23 heavy (non-hydrogen) atoms. The van der Waals surface area contributed by atoms with E-state index in [1.165, 1.54) is 11.3 Å². The summed E-state index contributed by atoms with van der Waals surface area (Å²) in [5.74, 6) is 1.24. The highest BCUT2D eigenvalue weighted by Gasteiger charge is 2.18. The van der Waals surface area contributed by atoms with Gasteiger partial charge in [0.1, 0.15) is 21.6 Å². The molecule has 0 N–H and O–H groups in total. The Hall–Kier alpha value is -1.92. The Morgan fingerprint density at radius 3 is 2.57 bits per heavy atom. The van der Waals surface area contributed by atoms with Crippen LogP contribution in [0.25, 0.3) is 10.2 Å². The smallest absolute Gasteiger partial charge is 0.203 e. The molecule has 2 aromatic heterocycles. The summed E-state index contributed by atoms with van der Waals surface area (Å²) in [6.45, 7) is 3.82. The van der Waals surface area contributed by atoms with Gasteiger partial charge in [-0.1, -0.05) is 6.92 Å². The van der Waals surface area contributed by atoms with Crippen molar-refractivity contribution < 1.29 is 13.7 Å². The zero-order valence-corrected chi connectivity index (χ0v) is 14.8. The number of carbonyl (C=O) groups excluding carboxylic acids is 1. The van der Waals surface area contributed by atoms with Gasteiger partial charge in [-0.25, -0.2) is 4.21 Å². The molecule has 3 rings (SSSR count). The van der Waals surface area contributed by atoms with Crippen molar-refractivity contribution in [2.24, 2.45) is 0 Å². The molecule has 1 atom stereocenters. The summed E-state index contributed by atoms with van der Waals surface area (Å²) in [4.78, 5) is 14.2. The SMILES string of the molecule is CCS(=O)n1c(C)cc2cc(C(=O)c3ccc(OC)cc3)sc21. The third kappa shape index (κ3) is 2.84. The van der Waals surface area contributed by atoms with Crippen molar-refractivity contribution in [3.8, 4) is 5.75 Å². The van der Waals surface area contributed by atoms with Crippen LogP contribution in [0.15, 0.2) is 36.4 Å². The largest absolute Gasteiger partial charge is 0.497 e. The lowest BCUT2D eigenvalue weighted by Crippen LogP contribution is -2.07. The number of aryl methyl sites for hydroxylation is 1. The fourth-order valence-electron chi connectivity index (χ4n) is 2.48.